The van der Waals surface area contributed by atoms with Gasteiger partial charge < -0.3 is 15.4 Å². The van der Waals surface area contributed by atoms with Crippen LogP contribution in [0.25, 0.3) is 0 Å². The van der Waals surface area contributed by atoms with Crippen LogP contribution in [0.1, 0.15) is 22.8 Å². The average molecular weight is 326 g/mol. The molecule has 2 bridgehead atoms. The largest absolute Gasteiger partial charge is 0.487 e. The summed E-state index contributed by atoms with van der Waals surface area (Å²) in [5, 5.41) is 5.02. The summed E-state index contributed by atoms with van der Waals surface area (Å²) in [5.41, 5.74) is 2.48. The van der Waals surface area contributed by atoms with Crippen LogP contribution in [0.5, 0.6) is 5.75 Å². The summed E-state index contributed by atoms with van der Waals surface area (Å²) in [7, 11) is 0. The summed E-state index contributed by atoms with van der Waals surface area (Å²) < 4.78 is 5.30. The van der Waals surface area contributed by atoms with Gasteiger partial charge in [0.05, 0.1) is 12.2 Å². The molecule has 2 aromatic carbocycles. The van der Waals surface area contributed by atoms with Crippen LogP contribution in [-0.2, 0) is 16.2 Å². The van der Waals surface area contributed by atoms with Crippen LogP contribution >= 0.6 is 0 Å². The maximum atomic E-state index is 11.2. The van der Waals surface area contributed by atoms with Crippen LogP contribution in [0.15, 0.2) is 48.5 Å². The molecule has 0 fully saturated rings. The van der Waals surface area contributed by atoms with Gasteiger partial charge in [-0.25, -0.2) is 0 Å². The summed E-state index contributed by atoms with van der Waals surface area (Å²) >= 11 is 0. The zero-order valence-electron chi connectivity index (χ0n) is 13.2. The number of carbonyl (C=O) groups is 3. The standard InChI is InChI=1S/2C9H9NO2/c1-6(11)10-8-4-7-2-3-9(8)12-5-7;11-7-10-6-9(12)8-4-2-1-3-5-8/h2-4H,5H2,1H3,(H,10,11);1-5,7H,6H2,(H,10,11). The molecule has 0 aromatic heterocycles. The lowest BCUT2D eigenvalue weighted by molar-refractivity contribution is -0.114. The molecule has 0 aliphatic carbocycles. The van der Waals surface area contributed by atoms with Crippen LogP contribution < -0.4 is 15.4 Å². The highest BCUT2D eigenvalue weighted by atomic mass is 16.5. The van der Waals surface area contributed by atoms with Crippen molar-refractivity contribution in [1.29, 1.82) is 0 Å². The first-order valence-corrected chi connectivity index (χ1v) is 7.38. The Morgan fingerprint density at radius 2 is 1.92 bits per heavy atom. The molecule has 0 saturated heterocycles. The number of anilines is 1. The van der Waals surface area contributed by atoms with Gasteiger partial charge >= 0.3 is 0 Å². The van der Waals surface area contributed by atoms with Crippen molar-refractivity contribution in [3.8, 4) is 5.75 Å². The van der Waals surface area contributed by atoms with E-state index in [0.29, 0.717) is 18.6 Å². The van der Waals surface area contributed by atoms with Crippen molar-refractivity contribution in [3.05, 3.63) is 59.7 Å². The Balaban J connectivity index is 0.000000174. The van der Waals surface area contributed by atoms with Crippen LogP contribution in [0.3, 0.4) is 0 Å². The number of rotatable bonds is 5. The van der Waals surface area contributed by atoms with Crippen molar-refractivity contribution in [2.24, 2.45) is 0 Å². The lowest BCUT2D eigenvalue weighted by atomic mass is 10.1. The van der Waals surface area contributed by atoms with Crippen LogP contribution in [0.4, 0.5) is 5.69 Å². The van der Waals surface area contributed by atoms with Gasteiger partial charge in [-0.05, 0) is 17.7 Å². The Morgan fingerprint density at radius 1 is 1.17 bits per heavy atom. The highest BCUT2D eigenvalue weighted by molar-refractivity contribution is 5.98. The Morgan fingerprint density at radius 3 is 2.42 bits per heavy atom. The molecule has 0 saturated carbocycles. The third-order valence-corrected chi connectivity index (χ3v) is 3.19. The number of Topliss-reactive ketones (excluding diaryl/α,β-unsaturated/α-hetero) is 1. The summed E-state index contributed by atoms with van der Waals surface area (Å²) in [6, 6.07) is 14.6. The fraction of sp³-hybridized carbons (Fsp3) is 0.167. The topological polar surface area (TPSA) is 84.5 Å². The maximum absolute atomic E-state index is 11.2. The van der Waals surface area contributed by atoms with Gasteiger partial charge in [-0.3, -0.25) is 14.4 Å². The fourth-order valence-electron chi connectivity index (χ4n) is 2.10. The van der Waals surface area contributed by atoms with E-state index in [9.17, 15) is 14.4 Å². The van der Waals surface area contributed by atoms with E-state index in [2.05, 4.69) is 10.6 Å². The van der Waals surface area contributed by atoms with Gasteiger partial charge in [0.15, 0.2) is 5.78 Å². The van der Waals surface area contributed by atoms with Crippen molar-refractivity contribution in [1.82, 2.24) is 5.32 Å². The van der Waals surface area contributed by atoms with Crippen LogP contribution in [0, 0.1) is 0 Å². The number of hydrogen-bond donors (Lipinski definition) is 2. The number of carbonyl (C=O) groups excluding carboxylic acids is 3. The number of amides is 2. The molecule has 6 heteroatoms. The lowest BCUT2D eigenvalue weighted by Gasteiger charge is -2.18. The van der Waals surface area contributed by atoms with E-state index in [1.165, 1.54) is 6.92 Å². The molecule has 0 atom stereocenters. The van der Waals surface area contributed by atoms with Crippen molar-refractivity contribution >= 4 is 23.8 Å². The van der Waals surface area contributed by atoms with Gasteiger partial charge in [0, 0.05) is 12.5 Å². The number of ether oxygens (including phenoxy) is 1. The van der Waals surface area contributed by atoms with Gasteiger partial charge in [0.2, 0.25) is 12.3 Å². The normalized spacial score (nSPS) is 10.7. The highest BCUT2D eigenvalue weighted by Crippen LogP contribution is 2.31. The predicted molar refractivity (Wildman–Crippen MR) is 89.9 cm³/mol. The molecule has 2 aliphatic rings. The number of benzene rings is 2. The van der Waals surface area contributed by atoms with Gasteiger partial charge in [0.1, 0.15) is 12.4 Å². The molecule has 0 unspecified atom stereocenters. The Kier molecular flexibility index (Phi) is 6.08. The smallest absolute Gasteiger partial charge is 0.221 e. The first-order valence-electron chi connectivity index (χ1n) is 7.38. The Bertz CT molecular complexity index is 729. The van der Waals surface area contributed by atoms with Gasteiger partial charge in [-0.1, -0.05) is 36.4 Å². The minimum atomic E-state index is -0.0808. The minimum Gasteiger partial charge on any atom is -0.487 e. The second kappa shape index (κ2) is 8.47. The Hall–Kier alpha value is -3.15. The van der Waals surface area contributed by atoms with Gasteiger partial charge in [0.25, 0.3) is 0 Å². The maximum Gasteiger partial charge on any atom is 0.221 e. The zero-order valence-corrected chi connectivity index (χ0v) is 13.2. The summed E-state index contributed by atoms with van der Waals surface area (Å²) in [5.74, 6) is 0.599. The predicted octanol–water partition coefficient (Wildman–Crippen LogP) is 2.15. The van der Waals surface area contributed by atoms with Crippen LogP contribution in [0.2, 0.25) is 0 Å². The zero-order chi connectivity index (χ0) is 17.4. The molecule has 0 radical (unpaired) electrons. The molecule has 2 N–H and O–H groups in total. The second-order valence-electron chi connectivity index (χ2n) is 5.09. The van der Waals surface area contributed by atoms with E-state index in [0.717, 1.165) is 17.0 Å². The molecule has 2 heterocycles. The molecule has 2 aromatic rings. The Labute approximate surface area is 139 Å². The first kappa shape index (κ1) is 17.2. The summed E-state index contributed by atoms with van der Waals surface area (Å²) in [4.78, 5) is 31.8. The third kappa shape index (κ3) is 4.95. The number of fused-ring (bicyclic) bond motifs is 3. The monoisotopic (exact) mass is 326 g/mol. The molecular weight excluding hydrogens is 308 g/mol. The van der Waals surface area contributed by atoms with E-state index in [1.807, 2.05) is 24.3 Å². The van der Waals surface area contributed by atoms with Gasteiger partial charge in [-0.2, -0.15) is 0 Å². The molecule has 124 valence electrons. The molecule has 2 aliphatic heterocycles. The summed E-state index contributed by atoms with van der Waals surface area (Å²) in [6.45, 7) is 2.17. The summed E-state index contributed by atoms with van der Waals surface area (Å²) in [6.07, 6.45) is 0.515. The van der Waals surface area contributed by atoms with Crippen molar-refractivity contribution in [3.63, 3.8) is 0 Å². The number of hydrogen-bond acceptors (Lipinski definition) is 4. The van der Waals surface area contributed by atoms with E-state index in [1.54, 1.807) is 24.3 Å². The second-order valence-corrected chi connectivity index (χ2v) is 5.09. The van der Waals surface area contributed by atoms with Crippen molar-refractivity contribution in [2.75, 3.05) is 11.9 Å². The molecule has 2 amide bonds. The lowest BCUT2D eigenvalue weighted by Crippen LogP contribution is -2.21. The molecule has 6 nitrogen and oxygen atoms in total. The fourth-order valence-corrected chi connectivity index (χ4v) is 2.10. The average Bonchev–Trinajstić information content (AvgIpc) is 2.61. The minimum absolute atomic E-state index is 0.0630. The molecular formula is C18H18N2O4. The van der Waals surface area contributed by atoms with E-state index in [4.69, 9.17) is 4.74 Å². The van der Waals surface area contributed by atoms with Crippen molar-refractivity contribution < 1.29 is 19.1 Å². The number of nitrogens with one attached hydrogen (secondary N) is 2. The van der Waals surface area contributed by atoms with E-state index in [-0.39, 0.29) is 18.2 Å². The number of ketones is 1. The molecule has 4 rings (SSSR count). The van der Waals surface area contributed by atoms with Gasteiger partial charge in [-0.15, -0.1) is 0 Å². The SMILES string of the molecule is CC(=O)Nc1cc2ccc1OC2.O=CNCC(=O)c1ccccc1. The van der Waals surface area contributed by atoms with E-state index < -0.39 is 0 Å². The highest BCUT2D eigenvalue weighted by Gasteiger charge is 2.12. The molecule has 24 heavy (non-hydrogen) atoms. The van der Waals surface area contributed by atoms with E-state index >= 15 is 0 Å². The van der Waals surface area contributed by atoms with Crippen molar-refractivity contribution in [2.45, 2.75) is 13.5 Å². The quantitative estimate of drug-likeness (QED) is 0.651. The third-order valence-electron chi connectivity index (χ3n) is 3.19. The van der Waals surface area contributed by atoms with Crippen LogP contribution in [-0.4, -0.2) is 24.6 Å². The first-order chi connectivity index (χ1) is 11.6. The molecule has 0 spiro atoms.